The van der Waals surface area contributed by atoms with E-state index in [1.165, 1.54) is 90.4 Å². The smallest absolute Gasteiger partial charge is 0.181 e. The molecule has 4 nitrogen and oxygen atoms in total. The SMILES string of the molecule is CCCCCCc1sc(-c2ccc(-c3ccc(-c4sc(CCCCCC)c5c4OCCO5)s3)s2)c2c1OCCO2. The molecule has 0 saturated heterocycles. The molecule has 0 atom stereocenters. The monoisotopic (exact) mass is 614 g/mol. The summed E-state index contributed by atoms with van der Waals surface area (Å²) in [4.78, 5) is 10.2. The number of rotatable bonds is 13. The normalized spacial score (nSPS) is 14.2. The second kappa shape index (κ2) is 13.3. The van der Waals surface area contributed by atoms with Gasteiger partial charge < -0.3 is 18.9 Å². The first-order valence-corrected chi connectivity index (χ1v) is 18.1. The van der Waals surface area contributed by atoms with Gasteiger partial charge in [-0.05, 0) is 49.9 Å². The zero-order chi connectivity index (χ0) is 27.3. The molecule has 0 saturated carbocycles. The number of aryl methyl sites for hydroxylation is 2. The van der Waals surface area contributed by atoms with Crippen molar-refractivity contribution in [2.45, 2.75) is 78.1 Å². The summed E-state index contributed by atoms with van der Waals surface area (Å²) in [6, 6.07) is 9.02. The van der Waals surface area contributed by atoms with Crippen LogP contribution in [-0.2, 0) is 12.8 Å². The fourth-order valence-electron chi connectivity index (χ4n) is 5.28. The molecule has 0 aliphatic carbocycles. The number of thiophene rings is 4. The molecule has 40 heavy (non-hydrogen) atoms. The number of hydrogen-bond acceptors (Lipinski definition) is 8. The summed E-state index contributed by atoms with van der Waals surface area (Å²) in [5.41, 5.74) is 0. The van der Waals surface area contributed by atoms with Crippen molar-refractivity contribution in [3.8, 4) is 52.3 Å². The second-order valence-corrected chi connectivity index (χ2v) is 14.7. The van der Waals surface area contributed by atoms with Crippen molar-refractivity contribution >= 4 is 45.3 Å². The fraction of sp³-hybridized carbons (Fsp3) is 0.500. The lowest BCUT2D eigenvalue weighted by Crippen LogP contribution is -2.15. The van der Waals surface area contributed by atoms with Crippen molar-refractivity contribution < 1.29 is 18.9 Å². The van der Waals surface area contributed by atoms with Gasteiger partial charge in [0, 0.05) is 19.5 Å². The highest BCUT2D eigenvalue weighted by atomic mass is 32.1. The Bertz CT molecular complexity index is 1300. The highest BCUT2D eigenvalue weighted by Crippen LogP contribution is 2.54. The highest BCUT2D eigenvalue weighted by Gasteiger charge is 2.28. The van der Waals surface area contributed by atoms with Gasteiger partial charge in [0.2, 0.25) is 0 Å². The third-order valence-electron chi connectivity index (χ3n) is 7.35. The summed E-state index contributed by atoms with van der Waals surface area (Å²) < 4.78 is 24.5. The Balaban J connectivity index is 1.23. The lowest BCUT2D eigenvalue weighted by Gasteiger charge is -2.17. The van der Waals surface area contributed by atoms with Gasteiger partial charge in [0.25, 0.3) is 0 Å². The Labute approximate surface area is 253 Å². The summed E-state index contributed by atoms with van der Waals surface area (Å²) >= 11 is 7.42. The maximum Gasteiger partial charge on any atom is 0.181 e. The number of unbranched alkanes of at least 4 members (excludes halogenated alkanes) is 6. The quantitative estimate of drug-likeness (QED) is 0.140. The molecule has 0 aromatic carbocycles. The van der Waals surface area contributed by atoms with Gasteiger partial charge in [-0.15, -0.1) is 45.3 Å². The summed E-state index contributed by atoms with van der Waals surface area (Å²) in [6.45, 7) is 7.04. The van der Waals surface area contributed by atoms with Crippen LogP contribution < -0.4 is 18.9 Å². The summed E-state index contributed by atoms with van der Waals surface area (Å²) in [5, 5.41) is 0. The molecule has 0 spiro atoms. The Morgan fingerprint density at radius 1 is 0.475 bits per heavy atom. The molecule has 6 rings (SSSR count). The van der Waals surface area contributed by atoms with Gasteiger partial charge in [-0.2, -0.15) is 0 Å². The molecule has 0 amide bonds. The van der Waals surface area contributed by atoms with Crippen LogP contribution in [-0.4, -0.2) is 26.4 Å². The van der Waals surface area contributed by atoms with E-state index in [2.05, 4.69) is 38.1 Å². The summed E-state index contributed by atoms with van der Waals surface area (Å²) in [6.07, 6.45) is 12.2. The average Bonchev–Trinajstić information content (AvgIpc) is 3.78. The largest absolute Gasteiger partial charge is 0.485 e. The number of ether oxygens (including phenoxy) is 4. The van der Waals surface area contributed by atoms with Crippen molar-refractivity contribution in [1.29, 1.82) is 0 Å². The molecular weight excluding hydrogens is 577 g/mol. The molecule has 0 N–H and O–H groups in total. The molecule has 0 fully saturated rings. The van der Waals surface area contributed by atoms with Crippen LogP contribution in [0, 0.1) is 0 Å². The molecule has 0 radical (unpaired) electrons. The predicted octanol–water partition coefficient (Wildman–Crippen LogP) is 10.7. The van der Waals surface area contributed by atoms with Crippen LogP contribution in [0.25, 0.3) is 29.3 Å². The highest BCUT2D eigenvalue weighted by molar-refractivity contribution is 7.28. The van der Waals surface area contributed by atoms with Crippen LogP contribution >= 0.6 is 45.3 Å². The first-order chi connectivity index (χ1) is 19.8. The van der Waals surface area contributed by atoms with E-state index in [4.69, 9.17) is 18.9 Å². The lowest BCUT2D eigenvalue weighted by molar-refractivity contribution is 0.172. The van der Waals surface area contributed by atoms with Gasteiger partial charge in [0.1, 0.15) is 26.4 Å². The topological polar surface area (TPSA) is 36.9 Å². The van der Waals surface area contributed by atoms with Crippen LogP contribution in [0.1, 0.15) is 75.0 Å². The lowest BCUT2D eigenvalue weighted by atomic mass is 10.1. The molecule has 0 bridgehead atoms. The molecule has 4 aromatic heterocycles. The Morgan fingerprint density at radius 2 is 0.875 bits per heavy atom. The summed E-state index contributed by atoms with van der Waals surface area (Å²) in [5.74, 6) is 3.89. The molecule has 2 aliphatic heterocycles. The molecule has 4 aromatic rings. The molecule has 214 valence electrons. The van der Waals surface area contributed by atoms with E-state index in [1.54, 1.807) is 0 Å². The van der Waals surface area contributed by atoms with Crippen molar-refractivity contribution in [2.24, 2.45) is 0 Å². The average molecular weight is 615 g/mol. The maximum absolute atomic E-state index is 6.16. The first kappa shape index (κ1) is 28.1. The van der Waals surface area contributed by atoms with Crippen molar-refractivity contribution in [3.05, 3.63) is 34.0 Å². The van der Waals surface area contributed by atoms with E-state index >= 15 is 0 Å². The molecule has 0 unspecified atom stereocenters. The minimum atomic E-state index is 0.621. The second-order valence-electron chi connectivity index (χ2n) is 10.4. The van der Waals surface area contributed by atoms with Crippen LogP contribution in [0.3, 0.4) is 0 Å². The van der Waals surface area contributed by atoms with E-state index < -0.39 is 0 Å². The zero-order valence-corrected chi connectivity index (χ0v) is 26.7. The van der Waals surface area contributed by atoms with E-state index in [-0.39, 0.29) is 0 Å². The molecular formula is C32H38O4S4. The van der Waals surface area contributed by atoms with Crippen LogP contribution in [0.2, 0.25) is 0 Å². The van der Waals surface area contributed by atoms with E-state index in [9.17, 15) is 0 Å². The third-order valence-corrected chi connectivity index (χ3v) is 12.5. The van der Waals surface area contributed by atoms with Crippen molar-refractivity contribution in [3.63, 3.8) is 0 Å². The van der Waals surface area contributed by atoms with Crippen LogP contribution in [0.15, 0.2) is 24.3 Å². The van der Waals surface area contributed by atoms with Crippen molar-refractivity contribution in [1.82, 2.24) is 0 Å². The van der Waals surface area contributed by atoms with Gasteiger partial charge >= 0.3 is 0 Å². The molecule has 2 aliphatic rings. The van der Waals surface area contributed by atoms with Gasteiger partial charge in [-0.25, -0.2) is 0 Å². The number of fused-ring (bicyclic) bond motifs is 2. The molecule has 8 heteroatoms. The Hall–Kier alpha value is -2.00. The standard InChI is InChI=1S/C32H38O4S4/c1-3-5-7-9-11-23-27-29(35-19-17-33-27)31(39-23)25-15-13-21(37-25)22-14-16-26(38-22)32-30-28(34-18-20-36-30)24(40-32)12-10-8-6-4-2/h13-16H,3-12,17-20H2,1-2H3. The Kier molecular flexibility index (Phi) is 9.37. The maximum atomic E-state index is 6.16. The first-order valence-electron chi connectivity index (χ1n) is 14.8. The minimum absolute atomic E-state index is 0.621. The van der Waals surface area contributed by atoms with E-state index in [1.807, 2.05) is 45.3 Å². The van der Waals surface area contributed by atoms with Gasteiger partial charge in [-0.1, -0.05) is 52.4 Å². The summed E-state index contributed by atoms with van der Waals surface area (Å²) in [7, 11) is 0. The van der Waals surface area contributed by atoms with Gasteiger partial charge in [0.15, 0.2) is 23.0 Å². The number of hydrogen-bond donors (Lipinski definition) is 0. The molecule has 6 heterocycles. The van der Waals surface area contributed by atoms with Crippen LogP contribution in [0.4, 0.5) is 0 Å². The van der Waals surface area contributed by atoms with Gasteiger partial charge in [-0.3, -0.25) is 0 Å². The minimum Gasteiger partial charge on any atom is -0.485 e. The van der Waals surface area contributed by atoms with E-state index in [0.717, 1.165) is 35.8 Å². The van der Waals surface area contributed by atoms with Crippen LogP contribution in [0.5, 0.6) is 23.0 Å². The third kappa shape index (κ3) is 5.96. The van der Waals surface area contributed by atoms with Gasteiger partial charge in [0.05, 0.1) is 19.5 Å². The van der Waals surface area contributed by atoms with E-state index in [0.29, 0.717) is 26.4 Å². The fourth-order valence-corrected chi connectivity index (χ4v) is 10.1. The zero-order valence-electron chi connectivity index (χ0n) is 23.5. The Morgan fingerprint density at radius 3 is 1.30 bits per heavy atom. The predicted molar refractivity (Wildman–Crippen MR) is 172 cm³/mol. The van der Waals surface area contributed by atoms with Crippen molar-refractivity contribution in [2.75, 3.05) is 26.4 Å².